The normalized spacial score (nSPS) is 17.4. The molecule has 3 rings (SSSR count). The number of morpholine rings is 1. The number of halogens is 2. The van der Waals surface area contributed by atoms with Gasteiger partial charge in [-0.05, 0) is 17.7 Å². The van der Waals surface area contributed by atoms with E-state index >= 15 is 0 Å². The Morgan fingerprint density at radius 3 is 2.64 bits per heavy atom. The fourth-order valence-electron chi connectivity index (χ4n) is 2.46. The molecular weight excluding hydrogens is 353 g/mol. The summed E-state index contributed by atoms with van der Waals surface area (Å²) in [4.78, 5) is 32.4. The fourth-order valence-corrected chi connectivity index (χ4v) is 2.65. The number of carbonyl (C=O) groups excluding carboxylic acids is 1. The van der Waals surface area contributed by atoms with E-state index in [1.54, 1.807) is 6.07 Å². The Hall–Kier alpha value is -2.58. The molecule has 130 valence electrons. The van der Waals surface area contributed by atoms with Gasteiger partial charge in [-0.3, -0.25) is 4.79 Å². The molecule has 2 heterocycles. The highest BCUT2D eigenvalue weighted by atomic mass is 35.5. The number of benzene rings is 1. The zero-order valence-corrected chi connectivity index (χ0v) is 13.6. The van der Waals surface area contributed by atoms with Gasteiger partial charge in [0.1, 0.15) is 17.6 Å². The number of carboxylic acids is 1. The minimum atomic E-state index is -1.22. The van der Waals surface area contributed by atoms with Gasteiger partial charge >= 0.3 is 5.97 Å². The van der Waals surface area contributed by atoms with E-state index in [9.17, 15) is 14.0 Å². The van der Waals surface area contributed by atoms with Gasteiger partial charge in [-0.25, -0.2) is 19.2 Å². The summed E-state index contributed by atoms with van der Waals surface area (Å²) >= 11 is 5.79. The summed E-state index contributed by atoms with van der Waals surface area (Å²) in [5.41, 5.74) is 0.469. The summed E-state index contributed by atoms with van der Waals surface area (Å²) in [5.74, 6) is -2.12. The van der Waals surface area contributed by atoms with Crippen molar-refractivity contribution in [2.24, 2.45) is 0 Å². The summed E-state index contributed by atoms with van der Waals surface area (Å²) in [7, 11) is 0. The maximum absolute atomic E-state index is 13.3. The van der Waals surface area contributed by atoms with Crippen molar-refractivity contribution in [1.29, 1.82) is 0 Å². The molecule has 1 aromatic carbocycles. The van der Waals surface area contributed by atoms with Crippen molar-refractivity contribution in [3.05, 3.63) is 58.4 Å². The van der Waals surface area contributed by atoms with Crippen LogP contribution in [0.15, 0.2) is 30.6 Å². The highest BCUT2D eigenvalue weighted by Crippen LogP contribution is 2.26. The van der Waals surface area contributed by atoms with E-state index in [1.165, 1.54) is 17.0 Å². The molecule has 1 amide bonds. The van der Waals surface area contributed by atoms with Crippen molar-refractivity contribution >= 4 is 23.5 Å². The number of nitrogens with zero attached hydrogens (tertiary/aromatic N) is 3. The summed E-state index contributed by atoms with van der Waals surface area (Å²) < 4.78 is 18.9. The molecule has 0 aliphatic carbocycles. The van der Waals surface area contributed by atoms with E-state index in [2.05, 4.69) is 9.97 Å². The monoisotopic (exact) mass is 365 g/mol. The molecule has 1 unspecified atom stereocenters. The van der Waals surface area contributed by atoms with Crippen LogP contribution < -0.4 is 0 Å². The van der Waals surface area contributed by atoms with Gasteiger partial charge in [0.05, 0.1) is 30.6 Å². The van der Waals surface area contributed by atoms with E-state index < -0.39 is 17.9 Å². The number of carbonyl (C=O) groups is 2. The van der Waals surface area contributed by atoms with E-state index in [4.69, 9.17) is 21.4 Å². The smallest absolute Gasteiger partial charge is 0.356 e. The molecule has 9 heteroatoms. The van der Waals surface area contributed by atoms with Crippen LogP contribution in [-0.2, 0) is 4.74 Å². The molecule has 1 N–H and O–H groups in total. The molecule has 1 aliphatic rings. The molecule has 1 fully saturated rings. The standard InChI is InChI=1S/C16H13ClFN3O4/c17-10-5-9(1-2-11(10)18)14-8-21(3-4-25-14)15(22)12-6-20-13(7-19-12)16(23)24/h1-2,5-7,14H,3-4,8H2,(H,23,24). The van der Waals surface area contributed by atoms with Gasteiger partial charge in [-0.1, -0.05) is 17.7 Å². The number of hydrogen-bond donors (Lipinski definition) is 1. The van der Waals surface area contributed by atoms with Crippen LogP contribution >= 0.6 is 11.6 Å². The van der Waals surface area contributed by atoms with E-state index in [0.29, 0.717) is 18.7 Å². The maximum Gasteiger partial charge on any atom is 0.356 e. The minimum Gasteiger partial charge on any atom is -0.476 e. The van der Waals surface area contributed by atoms with Crippen molar-refractivity contribution in [2.75, 3.05) is 19.7 Å². The zero-order valence-electron chi connectivity index (χ0n) is 12.9. The molecule has 0 saturated carbocycles. The second kappa shape index (κ2) is 7.12. The highest BCUT2D eigenvalue weighted by molar-refractivity contribution is 6.30. The first kappa shape index (κ1) is 17.2. The van der Waals surface area contributed by atoms with E-state index in [1.807, 2.05) is 0 Å². The molecule has 2 aromatic rings. The first-order chi connectivity index (χ1) is 12.0. The lowest BCUT2D eigenvalue weighted by atomic mass is 10.1. The van der Waals surface area contributed by atoms with Gasteiger partial charge in [0.15, 0.2) is 5.69 Å². The Balaban J connectivity index is 1.75. The Labute approximate surface area is 147 Å². The van der Waals surface area contributed by atoms with Crippen LogP contribution in [0.4, 0.5) is 4.39 Å². The van der Waals surface area contributed by atoms with Gasteiger partial charge in [0, 0.05) is 6.54 Å². The molecule has 25 heavy (non-hydrogen) atoms. The van der Waals surface area contributed by atoms with Crippen molar-refractivity contribution in [3.8, 4) is 0 Å². The molecule has 0 radical (unpaired) electrons. The summed E-state index contributed by atoms with van der Waals surface area (Å²) in [5, 5.41) is 8.80. The Kier molecular flexibility index (Phi) is 4.91. The number of hydrogen-bond acceptors (Lipinski definition) is 5. The predicted molar refractivity (Wildman–Crippen MR) is 85.0 cm³/mol. The van der Waals surface area contributed by atoms with Gasteiger partial charge in [0.2, 0.25) is 0 Å². The first-order valence-electron chi connectivity index (χ1n) is 7.37. The summed E-state index contributed by atoms with van der Waals surface area (Å²) in [6, 6.07) is 4.27. The number of rotatable bonds is 3. The van der Waals surface area contributed by atoms with Crippen LogP contribution in [0.3, 0.4) is 0 Å². The van der Waals surface area contributed by atoms with Crippen LogP contribution in [-0.4, -0.2) is 51.5 Å². The lowest BCUT2D eigenvalue weighted by Crippen LogP contribution is -2.42. The molecule has 7 nitrogen and oxygen atoms in total. The average molecular weight is 366 g/mol. The van der Waals surface area contributed by atoms with Crippen LogP contribution in [0.25, 0.3) is 0 Å². The Morgan fingerprint density at radius 2 is 2.00 bits per heavy atom. The molecule has 0 spiro atoms. The average Bonchev–Trinajstić information content (AvgIpc) is 2.63. The molecule has 1 atom stereocenters. The van der Waals surface area contributed by atoms with Crippen LogP contribution in [0.2, 0.25) is 5.02 Å². The molecule has 1 aromatic heterocycles. The highest BCUT2D eigenvalue weighted by Gasteiger charge is 2.27. The third-order valence-electron chi connectivity index (χ3n) is 3.76. The number of ether oxygens (including phenoxy) is 1. The topological polar surface area (TPSA) is 92.6 Å². The number of amides is 1. The Bertz CT molecular complexity index is 816. The van der Waals surface area contributed by atoms with Gasteiger partial charge in [-0.15, -0.1) is 0 Å². The lowest BCUT2D eigenvalue weighted by Gasteiger charge is -2.33. The van der Waals surface area contributed by atoms with Gasteiger partial charge in [0.25, 0.3) is 5.91 Å². The van der Waals surface area contributed by atoms with Crippen molar-refractivity contribution < 1.29 is 23.8 Å². The van der Waals surface area contributed by atoms with Gasteiger partial charge < -0.3 is 14.7 Å². The third-order valence-corrected chi connectivity index (χ3v) is 4.05. The Morgan fingerprint density at radius 1 is 1.28 bits per heavy atom. The van der Waals surface area contributed by atoms with Crippen LogP contribution in [0, 0.1) is 5.82 Å². The van der Waals surface area contributed by atoms with Crippen molar-refractivity contribution in [3.63, 3.8) is 0 Å². The van der Waals surface area contributed by atoms with Crippen molar-refractivity contribution in [2.45, 2.75) is 6.10 Å². The van der Waals surface area contributed by atoms with Crippen molar-refractivity contribution in [1.82, 2.24) is 14.9 Å². The van der Waals surface area contributed by atoms with Crippen LogP contribution in [0.1, 0.15) is 32.6 Å². The number of aromatic carboxylic acids is 1. The second-order valence-corrected chi connectivity index (χ2v) is 5.78. The minimum absolute atomic E-state index is 0.0142. The predicted octanol–water partition coefficient (Wildman–Crippen LogP) is 2.18. The molecule has 1 aliphatic heterocycles. The number of carboxylic acid groups (broad SMARTS) is 1. The molecular formula is C16H13ClFN3O4. The van der Waals surface area contributed by atoms with E-state index in [0.717, 1.165) is 12.4 Å². The first-order valence-corrected chi connectivity index (χ1v) is 7.74. The maximum atomic E-state index is 13.3. The molecule has 0 bridgehead atoms. The SMILES string of the molecule is O=C(O)c1cnc(C(=O)N2CCOC(c3ccc(F)c(Cl)c3)C2)cn1. The van der Waals surface area contributed by atoms with Crippen LogP contribution in [0.5, 0.6) is 0 Å². The summed E-state index contributed by atoms with van der Waals surface area (Å²) in [6.07, 6.45) is 1.72. The quantitative estimate of drug-likeness (QED) is 0.896. The largest absolute Gasteiger partial charge is 0.476 e. The zero-order chi connectivity index (χ0) is 18.0. The third kappa shape index (κ3) is 3.75. The number of aromatic nitrogens is 2. The lowest BCUT2D eigenvalue weighted by molar-refractivity contribution is -0.0230. The summed E-state index contributed by atoms with van der Waals surface area (Å²) in [6.45, 7) is 0.891. The second-order valence-electron chi connectivity index (χ2n) is 5.38. The molecule has 1 saturated heterocycles. The fraction of sp³-hybridized carbons (Fsp3) is 0.250. The van der Waals surface area contributed by atoms with Gasteiger partial charge in [-0.2, -0.15) is 0 Å². The van der Waals surface area contributed by atoms with E-state index in [-0.39, 0.29) is 28.9 Å².